The molecule has 142 valence electrons. The number of amides is 2. The lowest BCUT2D eigenvalue weighted by Gasteiger charge is -2.39. The normalized spacial score (nSPS) is 22.7. The monoisotopic (exact) mass is 390 g/mol. The van der Waals surface area contributed by atoms with Gasteiger partial charge in [0, 0.05) is 37.1 Å². The van der Waals surface area contributed by atoms with Gasteiger partial charge < -0.3 is 9.80 Å². The Hall–Kier alpha value is -2.28. The third kappa shape index (κ3) is 3.25. The average molecular weight is 390 g/mol. The predicted octanol–water partition coefficient (Wildman–Crippen LogP) is 3.68. The van der Waals surface area contributed by atoms with E-state index in [1.807, 2.05) is 10.8 Å². The van der Waals surface area contributed by atoms with Gasteiger partial charge in [-0.3, -0.25) is 9.59 Å². The van der Waals surface area contributed by atoms with E-state index in [0.717, 1.165) is 18.9 Å². The Balaban J connectivity index is 1.50. The maximum atomic E-state index is 14.0. The molecule has 0 saturated carbocycles. The van der Waals surface area contributed by atoms with E-state index in [4.69, 9.17) is 0 Å². The Morgan fingerprint density at radius 2 is 2.04 bits per heavy atom. The summed E-state index contributed by atoms with van der Waals surface area (Å²) in [5.41, 5.74) is 0.233. The Bertz CT molecular complexity index is 871. The quantitative estimate of drug-likeness (QED) is 0.802. The zero-order valence-corrected chi connectivity index (χ0v) is 15.6. The minimum atomic E-state index is -0.903. The topological polar surface area (TPSA) is 40.6 Å². The largest absolute Gasteiger partial charge is 0.338 e. The van der Waals surface area contributed by atoms with Crippen molar-refractivity contribution in [2.24, 2.45) is 5.41 Å². The highest BCUT2D eigenvalue weighted by Gasteiger charge is 2.49. The van der Waals surface area contributed by atoms with Crippen LogP contribution in [0, 0.1) is 17.0 Å². The van der Waals surface area contributed by atoms with Crippen LogP contribution in [0.15, 0.2) is 35.0 Å². The van der Waals surface area contributed by atoms with Crippen LogP contribution in [0.4, 0.5) is 8.78 Å². The summed E-state index contributed by atoms with van der Waals surface area (Å²) in [6.07, 6.45) is 2.13. The lowest BCUT2D eigenvalue weighted by Crippen LogP contribution is -2.50. The van der Waals surface area contributed by atoms with Gasteiger partial charge in [-0.2, -0.15) is 11.3 Å². The van der Waals surface area contributed by atoms with Gasteiger partial charge in [0.05, 0.1) is 11.0 Å². The molecule has 1 atom stereocenters. The van der Waals surface area contributed by atoms with E-state index in [1.54, 1.807) is 15.9 Å². The summed E-state index contributed by atoms with van der Waals surface area (Å²) < 4.78 is 27.5. The van der Waals surface area contributed by atoms with E-state index >= 15 is 0 Å². The van der Waals surface area contributed by atoms with Gasteiger partial charge in [-0.05, 0) is 36.8 Å². The molecule has 2 saturated heterocycles. The SMILES string of the molecule is O=C(c1ccsc1)N1CCC2(CCCN(Cc3cccc(F)c3F)C2=O)C1. The van der Waals surface area contributed by atoms with Crippen molar-refractivity contribution in [3.63, 3.8) is 0 Å². The Labute approximate surface area is 160 Å². The van der Waals surface area contributed by atoms with Gasteiger partial charge in [-0.1, -0.05) is 12.1 Å². The Morgan fingerprint density at radius 1 is 1.19 bits per heavy atom. The van der Waals surface area contributed by atoms with Crippen LogP contribution in [-0.2, 0) is 11.3 Å². The molecular formula is C20H20F2N2O2S. The molecule has 1 spiro atoms. The highest BCUT2D eigenvalue weighted by molar-refractivity contribution is 7.08. The zero-order valence-electron chi connectivity index (χ0n) is 14.8. The van der Waals surface area contributed by atoms with Crippen LogP contribution < -0.4 is 0 Å². The van der Waals surface area contributed by atoms with Crippen LogP contribution >= 0.6 is 11.3 Å². The average Bonchev–Trinajstić information content (AvgIpc) is 3.33. The molecule has 0 N–H and O–H groups in total. The number of nitrogens with zero attached hydrogens (tertiary/aromatic N) is 2. The Kier molecular flexibility index (Phi) is 4.72. The van der Waals surface area contributed by atoms with Crippen LogP contribution in [-0.4, -0.2) is 41.2 Å². The Morgan fingerprint density at radius 3 is 2.81 bits per heavy atom. The number of likely N-dealkylation sites (tertiary alicyclic amines) is 2. The minimum Gasteiger partial charge on any atom is -0.338 e. The smallest absolute Gasteiger partial charge is 0.254 e. The fourth-order valence-corrected chi connectivity index (χ4v) is 4.80. The molecule has 2 aliphatic heterocycles. The van der Waals surface area contributed by atoms with Gasteiger partial charge >= 0.3 is 0 Å². The fourth-order valence-electron chi connectivity index (χ4n) is 4.17. The molecular weight excluding hydrogens is 370 g/mol. The highest BCUT2D eigenvalue weighted by Crippen LogP contribution is 2.41. The van der Waals surface area contributed by atoms with Gasteiger partial charge in [-0.25, -0.2) is 8.78 Å². The van der Waals surface area contributed by atoms with Crippen molar-refractivity contribution in [1.82, 2.24) is 9.80 Å². The molecule has 0 aliphatic carbocycles. The molecule has 0 radical (unpaired) electrons. The first-order valence-electron chi connectivity index (χ1n) is 9.04. The molecule has 2 aliphatic rings. The van der Waals surface area contributed by atoms with Crippen LogP contribution in [0.2, 0.25) is 0 Å². The number of hydrogen-bond donors (Lipinski definition) is 0. The molecule has 7 heteroatoms. The van der Waals surface area contributed by atoms with Crippen molar-refractivity contribution < 1.29 is 18.4 Å². The zero-order chi connectivity index (χ0) is 19.0. The number of thiophene rings is 1. The summed E-state index contributed by atoms with van der Waals surface area (Å²) in [5.74, 6) is -1.90. The van der Waals surface area contributed by atoms with Gasteiger partial charge in [0.1, 0.15) is 0 Å². The van der Waals surface area contributed by atoms with E-state index in [0.29, 0.717) is 31.6 Å². The predicted molar refractivity (Wildman–Crippen MR) is 98.3 cm³/mol. The number of rotatable bonds is 3. The molecule has 4 rings (SSSR count). The standard InChI is InChI=1S/C20H20F2N2O2S/c21-16-4-1-3-14(17(16)22)11-23-8-2-6-20(19(23)26)7-9-24(13-20)18(25)15-5-10-27-12-15/h1,3-5,10,12H,2,6-9,11,13H2. The first-order chi connectivity index (χ1) is 13.0. The third-order valence-corrected chi connectivity index (χ3v) is 6.31. The number of piperidine rings is 1. The van der Waals surface area contributed by atoms with E-state index in [-0.39, 0.29) is 23.9 Å². The molecule has 4 nitrogen and oxygen atoms in total. The lowest BCUT2D eigenvalue weighted by atomic mass is 9.78. The van der Waals surface area contributed by atoms with Crippen LogP contribution in [0.3, 0.4) is 0 Å². The lowest BCUT2D eigenvalue weighted by molar-refractivity contribution is -0.146. The summed E-state index contributed by atoms with van der Waals surface area (Å²) in [4.78, 5) is 29.1. The van der Waals surface area contributed by atoms with E-state index in [1.165, 1.54) is 23.5 Å². The first-order valence-corrected chi connectivity index (χ1v) is 9.98. The fraction of sp³-hybridized carbons (Fsp3) is 0.400. The molecule has 1 unspecified atom stereocenters. The van der Waals surface area contributed by atoms with E-state index in [9.17, 15) is 18.4 Å². The second kappa shape index (κ2) is 7.03. The van der Waals surface area contributed by atoms with Crippen molar-refractivity contribution in [2.75, 3.05) is 19.6 Å². The molecule has 2 fully saturated rings. The van der Waals surface area contributed by atoms with Gasteiger partial charge in [0.25, 0.3) is 5.91 Å². The summed E-state index contributed by atoms with van der Waals surface area (Å²) in [6, 6.07) is 5.83. The number of hydrogen-bond acceptors (Lipinski definition) is 3. The summed E-state index contributed by atoms with van der Waals surface area (Å²) in [5, 5.41) is 3.68. The van der Waals surface area contributed by atoms with Crippen molar-refractivity contribution >= 4 is 23.2 Å². The van der Waals surface area contributed by atoms with Crippen LogP contribution in [0.5, 0.6) is 0 Å². The minimum absolute atomic E-state index is 0.0470. The van der Waals surface area contributed by atoms with Crippen LogP contribution in [0.1, 0.15) is 35.2 Å². The number of carbonyl (C=O) groups is 2. The van der Waals surface area contributed by atoms with Crippen LogP contribution in [0.25, 0.3) is 0 Å². The van der Waals surface area contributed by atoms with E-state index in [2.05, 4.69) is 0 Å². The highest BCUT2D eigenvalue weighted by atomic mass is 32.1. The molecule has 2 amide bonds. The number of halogens is 2. The molecule has 1 aromatic heterocycles. The van der Waals surface area contributed by atoms with Gasteiger partial charge in [0.2, 0.25) is 5.91 Å². The molecule has 3 heterocycles. The van der Waals surface area contributed by atoms with Gasteiger partial charge in [0.15, 0.2) is 11.6 Å². The third-order valence-electron chi connectivity index (χ3n) is 5.63. The second-order valence-electron chi connectivity index (χ2n) is 7.31. The summed E-state index contributed by atoms with van der Waals surface area (Å²) in [7, 11) is 0. The molecule has 0 bridgehead atoms. The van der Waals surface area contributed by atoms with Crippen molar-refractivity contribution in [3.05, 3.63) is 57.8 Å². The number of benzene rings is 1. The van der Waals surface area contributed by atoms with E-state index < -0.39 is 17.0 Å². The summed E-state index contributed by atoms with van der Waals surface area (Å²) in [6.45, 7) is 1.52. The van der Waals surface area contributed by atoms with Crippen molar-refractivity contribution in [2.45, 2.75) is 25.8 Å². The van der Waals surface area contributed by atoms with Crippen molar-refractivity contribution in [3.8, 4) is 0 Å². The summed E-state index contributed by atoms with van der Waals surface area (Å²) >= 11 is 1.47. The molecule has 2 aromatic rings. The van der Waals surface area contributed by atoms with Crippen molar-refractivity contribution in [1.29, 1.82) is 0 Å². The first kappa shape index (κ1) is 18.1. The molecule has 1 aromatic carbocycles. The maximum Gasteiger partial charge on any atom is 0.254 e. The molecule has 27 heavy (non-hydrogen) atoms. The maximum absolute atomic E-state index is 14.0. The number of carbonyl (C=O) groups excluding carboxylic acids is 2. The van der Waals surface area contributed by atoms with Gasteiger partial charge in [-0.15, -0.1) is 0 Å². The second-order valence-corrected chi connectivity index (χ2v) is 8.09.